The maximum atomic E-state index is 13.2. The highest BCUT2D eigenvalue weighted by atomic mass is 35.5. The number of halogens is 2. The Morgan fingerprint density at radius 1 is 1.03 bits per heavy atom. The normalized spacial score (nSPS) is 11.5. The van der Waals surface area contributed by atoms with Gasteiger partial charge in [-0.3, -0.25) is 9.59 Å². The van der Waals surface area contributed by atoms with E-state index in [2.05, 4.69) is 39.9 Å². The molecule has 2 amide bonds. The summed E-state index contributed by atoms with van der Waals surface area (Å²) in [6, 6.07) is 15.9. The van der Waals surface area contributed by atoms with E-state index in [9.17, 15) is 9.59 Å². The van der Waals surface area contributed by atoms with Gasteiger partial charge in [0, 0.05) is 33.6 Å². The van der Waals surface area contributed by atoms with Crippen molar-refractivity contribution in [1.29, 1.82) is 0 Å². The zero-order valence-corrected chi connectivity index (χ0v) is 22.3. The van der Waals surface area contributed by atoms with E-state index in [4.69, 9.17) is 28.3 Å². The fourth-order valence-electron chi connectivity index (χ4n) is 3.44. The Bertz CT molecular complexity index is 1180. The van der Waals surface area contributed by atoms with Gasteiger partial charge >= 0.3 is 0 Å². The molecule has 1 N–H and O–H groups in total. The van der Waals surface area contributed by atoms with Crippen LogP contribution < -0.4 is 5.32 Å². The number of hydrogen-bond acceptors (Lipinski definition) is 3. The Balaban J connectivity index is 1.86. The zero-order chi connectivity index (χ0) is 25.8. The molecule has 0 aliphatic carbocycles. The summed E-state index contributed by atoms with van der Waals surface area (Å²) in [6.07, 6.45) is 0.774. The number of nitrogens with zero attached hydrogens (tertiary/aromatic N) is 3. The maximum absolute atomic E-state index is 13.2. The number of carbonyl (C=O) groups is 2. The number of anilines is 1. The smallest absolute Gasteiger partial charge is 0.254 e. The average Bonchev–Trinajstić information content (AvgIpc) is 3.20. The first-order valence-electron chi connectivity index (χ1n) is 11.6. The molecular formula is C27H32Cl2N4O2. The van der Waals surface area contributed by atoms with Gasteiger partial charge in [-0.15, -0.1) is 0 Å². The molecule has 0 bridgehead atoms. The highest BCUT2D eigenvalue weighted by Crippen LogP contribution is 2.27. The molecule has 1 heterocycles. The minimum Gasteiger partial charge on any atom is -0.329 e. The molecular weight excluding hydrogens is 483 g/mol. The second kappa shape index (κ2) is 11.3. The first-order valence-corrected chi connectivity index (χ1v) is 12.4. The third-order valence-corrected chi connectivity index (χ3v) is 5.97. The number of benzene rings is 2. The SMILES string of the molecule is CC(C)CCN(CC(=O)Nc1cc(C(C)(C)C)nn1-c1ccc(Cl)cc1)C(=O)c1cccc(Cl)c1. The van der Waals surface area contributed by atoms with E-state index in [1.807, 2.05) is 18.2 Å². The fourth-order valence-corrected chi connectivity index (χ4v) is 3.76. The molecule has 2 aromatic carbocycles. The highest BCUT2D eigenvalue weighted by Gasteiger charge is 2.24. The van der Waals surface area contributed by atoms with Crippen molar-refractivity contribution >= 4 is 40.8 Å². The molecule has 3 rings (SSSR count). The Labute approximate surface area is 217 Å². The monoisotopic (exact) mass is 514 g/mol. The van der Waals surface area contributed by atoms with Gasteiger partial charge < -0.3 is 10.2 Å². The summed E-state index contributed by atoms with van der Waals surface area (Å²) in [7, 11) is 0. The number of amides is 2. The standard InChI is InChI=1S/C27H32Cl2N4O2/c1-18(2)13-14-32(26(35)19-7-6-8-21(29)15-19)17-25(34)30-24-16-23(27(3,4)5)31-33(24)22-11-9-20(28)10-12-22/h6-12,15-16,18H,13-14,17H2,1-5H3,(H,30,34). The van der Waals surface area contributed by atoms with Gasteiger partial charge in [0.1, 0.15) is 12.4 Å². The molecule has 0 fully saturated rings. The van der Waals surface area contributed by atoms with E-state index < -0.39 is 0 Å². The van der Waals surface area contributed by atoms with Crippen molar-refractivity contribution in [3.8, 4) is 5.69 Å². The van der Waals surface area contributed by atoms with Crippen molar-refractivity contribution in [2.45, 2.75) is 46.5 Å². The van der Waals surface area contributed by atoms with Crippen molar-refractivity contribution in [3.63, 3.8) is 0 Å². The van der Waals surface area contributed by atoms with Crippen LogP contribution >= 0.6 is 23.2 Å². The molecule has 0 saturated carbocycles. The lowest BCUT2D eigenvalue weighted by Gasteiger charge is -2.23. The van der Waals surface area contributed by atoms with Crippen LogP contribution in [0.3, 0.4) is 0 Å². The lowest BCUT2D eigenvalue weighted by molar-refractivity contribution is -0.117. The van der Waals surface area contributed by atoms with E-state index in [1.165, 1.54) is 0 Å². The van der Waals surface area contributed by atoms with Gasteiger partial charge in [-0.1, -0.05) is 63.9 Å². The molecule has 1 aromatic heterocycles. The minimum atomic E-state index is -0.306. The predicted molar refractivity (Wildman–Crippen MR) is 143 cm³/mol. The van der Waals surface area contributed by atoms with Crippen molar-refractivity contribution in [3.05, 3.63) is 75.9 Å². The quantitative estimate of drug-likeness (QED) is 0.367. The van der Waals surface area contributed by atoms with Crippen LogP contribution in [-0.2, 0) is 10.2 Å². The number of carbonyl (C=O) groups excluding carboxylic acids is 2. The highest BCUT2D eigenvalue weighted by molar-refractivity contribution is 6.31. The number of nitrogens with one attached hydrogen (secondary N) is 1. The van der Waals surface area contributed by atoms with Crippen molar-refractivity contribution in [2.24, 2.45) is 5.92 Å². The molecule has 8 heteroatoms. The van der Waals surface area contributed by atoms with Crippen LogP contribution in [0.1, 0.15) is 57.1 Å². The summed E-state index contributed by atoms with van der Waals surface area (Å²) in [4.78, 5) is 27.9. The Hall–Kier alpha value is -2.83. The van der Waals surface area contributed by atoms with Gasteiger partial charge in [0.05, 0.1) is 11.4 Å². The van der Waals surface area contributed by atoms with E-state index in [0.717, 1.165) is 17.8 Å². The molecule has 0 aliphatic rings. The number of hydrogen-bond donors (Lipinski definition) is 1. The lowest BCUT2D eigenvalue weighted by atomic mass is 9.92. The van der Waals surface area contributed by atoms with Gasteiger partial charge in [-0.25, -0.2) is 4.68 Å². The average molecular weight is 515 g/mol. The second-order valence-corrected chi connectivity index (χ2v) is 10.9. The molecule has 0 spiro atoms. The lowest BCUT2D eigenvalue weighted by Crippen LogP contribution is -2.39. The predicted octanol–water partition coefficient (Wildman–Crippen LogP) is 6.60. The minimum absolute atomic E-state index is 0.0886. The summed E-state index contributed by atoms with van der Waals surface area (Å²) >= 11 is 12.1. The van der Waals surface area contributed by atoms with E-state index >= 15 is 0 Å². The molecule has 186 valence electrons. The van der Waals surface area contributed by atoms with Gasteiger partial charge in [0.2, 0.25) is 5.91 Å². The number of aromatic nitrogens is 2. The summed E-state index contributed by atoms with van der Waals surface area (Å²) < 4.78 is 1.69. The molecule has 0 unspecified atom stereocenters. The topological polar surface area (TPSA) is 67.2 Å². The van der Waals surface area contributed by atoms with Gasteiger partial charge in [-0.05, 0) is 54.8 Å². The molecule has 0 radical (unpaired) electrons. The summed E-state index contributed by atoms with van der Waals surface area (Å²) in [6.45, 7) is 10.7. The summed E-state index contributed by atoms with van der Waals surface area (Å²) in [5.41, 5.74) is 1.83. The fraction of sp³-hybridized carbons (Fsp3) is 0.370. The first kappa shape index (κ1) is 26.8. The van der Waals surface area contributed by atoms with Crippen LogP contribution in [0.15, 0.2) is 54.6 Å². The molecule has 0 atom stereocenters. The van der Waals surface area contributed by atoms with Crippen molar-refractivity contribution < 1.29 is 9.59 Å². The van der Waals surface area contributed by atoms with Gasteiger partial charge in [-0.2, -0.15) is 5.10 Å². The summed E-state index contributed by atoms with van der Waals surface area (Å²) in [5.74, 6) is 0.374. The third kappa shape index (κ3) is 7.33. The van der Waals surface area contributed by atoms with E-state index in [-0.39, 0.29) is 23.8 Å². The van der Waals surface area contributed by atoms with Crippen LogP contribution in [0.2, 0.25) is 10.0 Å². The molecule has 0 saturated heterocycles. The van der Waals surface area contributed by atoms with Crippen LogP contribution in [-0.4, -0.2) is 39.6 Å². The van der Waals surface area contributed by atoms with E-state index in [0.29, 0.717) is 33.9 Å². The number of rotatable bonds is 8. The molecule has 0 aliphatic heterocycles. The van der Waals surface area contributed by atoms with Gasteiger partial charge in [0.15, 0.2) is 0 Å². The van der Waals surface area contributed by atoms with Crippen LogP contribution in [0.25, 0.3) is 5.69 Å². The Kier molecular flexibility index (Phi) is 8.62. The van der Waals surface area contributed by atoms with Crippen LogP contribution in [0, 0.1) is 5.92 Å². The Morgan fingerprint density at radius 3 is 2.31 bits per heavy atom. The van der Waals surface area contributed by atoms with Gasteiger partial charge in [0.25, 0.3) is 5.91 Å². The molecule has 6 nitrogen and oxygen atoms in total. The largest absolute Gasteiger partial charge is 0.329 e. The molecule has 3 aromatic rings. The summed E-state index contributed by atoms with van der Waals surface area (Å²) in [5, 5.41) is 8.78. The van der Waals surface area contributed by atoms with E-state index in [1.54, 1.807) is 46.0 Å². The van der Waals surface area contributed by atoms with Crippen molar-refractivity contribution in [2.75, 3.05) is 18.4 Å². The van der Waals surface area contributed by atoms with Crippen molar-refractivity contribution in [1.82, 2.24) is 14.7 Å². The first-order chi connectivity index (χ1) is 16.4. The second-order valence-electron chi connectivity index (χ2n) is 10.0. The van der Waals surface area contributed by atoms with Crippen LogP contribution in [0.4, 0.5) is 5.82 Å². The van der Waals surface area contributed by atoms with Crippen LogP contribution in [0.5, 0.6) is 0 Å². The zero-order valence-electron chi connectivity index (χ0n) is 20.8. The molecule has 35 heavy (non-hydrogen) atoms. The third-order valence-electron chi connectivity index (χ3n) is 5.49. The Morgan fingerprint density at radius 2 is 1.71 bits per heavy atom. The maximum Gasteiger partial charge on any atom is 0.254 e.